The van der Waals surface area contributed by atoms with Crippen LogP contribution in [0.3, 0.4) is 0 Å². The minimum atomic E-state index is -1.22. The van der Waals surface area contributed by atoms with Crippen molar-refractivity contribution < 1.29 is 24.3 Å². The van der Waals surface area contributed by atoms with Crippen LogP contribution in [0, 0.1) is 0 Å². The van der Waals surface area contributed by atoms with Crippen LogP contribution in [0.5, 0.6) is 0 Å². The molecular weight excluding hydrogens is 418 g/mol. The van der Waals surface area contributed by atoms with Crippen LogP contribution in [0.15, 0.2) is 35.3 Å². The summed E-state index contributed by atoms with van der Waals surface area (Å²) in [7, 11) is 0. The largest absolute Gasteiger partial charge is 0.480 e. The maximum Gasteiger partial charge on any atom is 0.326 e. The fraction of sp³-hybridized carbons (Fsp3) is 0.450. The summed E-state index contributed by atoms with van der Waals surface area (Å²) in [4.78, 5) is 51.4. The van der Waals surface area contributed by atoms with Gasteiger partial charge in [-0.2, -0.15) is 0 Å². The van der Waals surface area contributed by atoms with Gasteiger partial charge in [0.2, 0.25) is 17.7 Å². The summed E-state index contributed by atoms with van der Waals surface area (Å²) in [5.74, 6) is -3.13. The summed E-state index contributed by atoms with van der Waals surface area (Å²) in [6.45, 7) is 1.22. The summed E-state index contributed by atoms with van der Waals surface area (Å²) in [5.41, 5.74) is 17.2. The number of nitrogens with zero attached hydrogens (tertiary/aromatic N) is 1. The van der Waals surface area contributed by atoms with E-state index in [0.717, 1.165) is 5.56 Å². The molecule has 0 radical (unpaired) electrons. The van der Waals surface area contributed by atoms with Crippen molar-refractivity contribution in [2.75, 3.05) is 13.1 Å². The van der Waals surface area contributed by atoms with Crippen LogP contribution >= 0.6 is 0 Å². The van der Waals surface area contributed by atoms with Gasteiger partial charge in [0.25, 0.3) is 0 Å². The number of carboxylic acids is 1. The number of hydrogen-bond donors (Lipinski definition) is 7. The molecule has 3 unspecified atom stereocenters. The van der Waals surface area contributed by atoms with E-state index >= 15 is 0 Å². The first kappa shape index (κ1) is 26.4. The number of carbonyl (C=O) groups excluding carboxylic acids is 3. The highest BCUT2D eigenvalue weighted by atomic mass is 16.4. The van der Waals surface area contributed by atoms with Gasteiger partial charge in [-0.15, -0.1) is 0 Å². The lowest BCUT2D eigenvalue weighted by molar-refractivity contribution is -0.142. The molecule has 0 saturated heterocycles. The molecule has 3 amide bonds. The van der Waals surface area contributed by atoms with Crippen LogP contribution in [0.4, 0.5) is 0 Å². The van der Waals surface area contributed by atoms with Crippen LogP contribution in [0.2, 0.25) is 0 Å². The molecule has 10 N–H and O–H groups in total. The van der Waals surface area contributed by atoms with Crippen LogP contribution in [-0.4, -0.2) is 66.0 Å². The third-order valence-corrected chi connectivity index (χ3v) is 4.39. The van der Waals surface area contributed by atoms with Gasteiger partial charge in [-0.3, -0.25) is 19.4 Å². The fourth-order valence-corrected chi connectivity index (χ4v) is 2.67. The Morgan fingerprint density at radius 2 is 1.72 bits per heavy atom. The molecule has 0 bridgehead atoms. The standard InChI is InChI=1S/C20H31N7O5/c1-12(26-18(30)14(21)10-13-6-3-2-4-7-13)17(29)25-11-16(28)27-15(19(31)32)8-5-9-24-20(22)23/h2-4,6-7,12,14-15H,5,8-11,21H2,1H3,(H,25,29)(H,26,30)(H,27,28)(H,31,32)(H4,22,23,24). The van der Waals surface area contributed by atoms with Gasteiger partial charge in [0.05, 0.1) is 12.6 Å². The molecule has 0 aromatic heterocycles. The Labute approximate surface area is 186 Å². The van der Waals surface area contributed by atoms with Crippen molar-refractivity contribution in [1.82, 2.24) is 16.0 Å². The second kappa shape index (κ2) is 13.6. The predicted molar refractivity (Wildman–Crippen MR) is 118 cm³/mol. The zero-order chi connectivity index (χ0) is 24.1. The molecule has 32 heavy (non-hydrogen) atoms. The third-order valence-electron chi connectivity index (χ3n) is 4.39. The first-order valence-electron chi connectivity index (χ1n) is 10.0. The van der Waals surface area contributed by atoms with Gasteiger partial charge in [-0.25, -0.2) is 4.79 Å². The van der Waals surface area contributed by atoms with Crippen LogP contribution in [0.25, 0.3) is 0 Å². The molecule has 176 valence electrons. The lowest BCUT2D eigenvalue weighted by Crippen LogP contribution is -2.52. The number of aliphatic carboxylic acids is 1. The van der Waals surface area contributed by atoms with Gasteiger partial charge in [0.15, 0.2) is 5.96 Å². The second-order valence-electron chi connectivity index (χ2n) is 7.15. The molecule has 0 spiro atoms. The highest BCUT2D eigenvalue weighted by Crippen LogP contribution is 2.02. The predicted octanol–water partition coefficient (Wildman–Crippen LogP) is -2.20. The number of carboxylic acid groups (broad SMARTS) is 1. The first-order valence-corrected chi connectivity index (χ1v) is 10.0. The van der Waals surface area contributed by atoms with E-state index in [9.17, 15) is 24.3 Å². The van der Waals surface area contributed by atoms with E-state index in [0.29, 0.717) is 12.8 Å². The minimum absolute atomic E-state index is 0.106. The average Bonchev–Trinajstić information content (AvgIpc) is 2.74. The number of aliphatic imine (C=N–C) groups is 1. The van der Waals surface area contributed by atoms with Crippen molar-refractivity contribution in [3.8, 4) is 0 Å². The van der Waals surface area contributed by atoms with Crippen molar-refractivity contribution in [3.05, 3.63) is 35.9 Å². The lowest BCUT2D eigenvalue weighted by atomic mass is 10.1. The van der Waals surface area contributed by atoms with Crippen molar-refractivity contribution in [2.24, 2.45) is 22.2 Å². The Bertz CT molecular complexity index is 812. The van der Waals surface area contributed by atoms with Gasteiger partial charge in [0.1, 0.15) is 12.1 Å². The number of nitrogens with one attached hydrogen (secondary N) is 3. The molecule has 3 atom stereocenters. The number of rotatable bonds is 13. The van der Waals surface area contributed by atoms with Crippen LogP contribution < -0.4 is 33.2 Å². The summed E-state index contributed by atoms with van der Waals surface area (Å²) in [6.07, 6.45) is 0.758. The molecule has 1 aromatic rings. The monoisotopic (exact) mass is 449 g/mol. The summed E-state index contributed by atoms with van der Waals surface area (Å²) in [6, 6.07) is 6.27. The van der Waals surface area contributed by atoms with Crippen molar-refractivity contribution in [3.63, 3.8) is 0 Å². The molecule has 12 nitrogen and oxygen atoms in total. The fourth-order valence-electron chi connectivity index (χ4n) is 2.67. The molecule has 1 rings (SSSR count). The maximum atomic E-state index is 12.2. The Kier molecular flexibility index (Phi) is 11.2. The summed E-state index contributed by atoms with van der Waals surface area (Å²) in [5, 5.41) is 16.4. The molecule has 0 aliphatic heterocycles. The summed E-state index contributed by atoms with van der Waals surface area (Å²) >= 11 is 0. The van der Waals surface area contributed by atoms with E-state index in [1.54, 1.807) is 0 Å². The van der Waals surface area contributed by atoms with Gasteiger partial charge in [-0.1, -0.05) is 30.3 Å². The van der Waals surface area contributed by atoms with Gasteiger partial charge >= 0.3 is 5.97 Å². The maximum absolute atomic E-state index is 12.2. The van der Waals surface area contributed by atoms with Gasteiger partial charge in [0, 0.05) is 6.54 Å². The topological polar surface area (TPSA) is 215 Å². The molecular formula is C20H31N7O5. The van der Waals surface area contributed by atoms with Gasteiger partial charge < -0.3 is 38.3 Å². The zero-order valence-electron chi connectivity index (χ0n) is 17.9. The highest BCUT2D eigenvalue weighted by molar-refractivity contribution is 5.92. The molecule has 0 aliphatic rings. The Hall–Kier alpha value is -3.67. The van der Waals surface area contributed by atoms with Crippen molar-refractivity contribution >= 4 is 29.7 Å². The molecule has 0 fully saturated rings. The lowest BCUT2D eigenvalue weighted by Gasteiger charge is -2.18. The van der Waals surface area contributed by atoms with Crippen molar-refractivity contribution in [2.45, 2.75) is 44.3 Å². The second-order valence-corrected chi connectivity index (χ2v) is 7.15. The quantitative estimate of drug-likeness (QED) is 0.0993. The van der Waals surface area contributed by atoms with E-state index in [1.807, 2.05) is 30.3 Å². The van der Waals surface area contributed by atoms with E-state index in [1.165, 1.54) is 6.92 Å². The van der Waals surface area contributed by atoms with Crippen molar-refractivity contribution in [1.29, 1.82) is 0 Å². The zero-order valence-corrected chi connectivity index (χ0v) is 17.9. The molecule has 0 heterocycles. The molecule has 1 aromatic carbocycles. The molecule has 12 heteroatoms. The SMILES string of the molecule is CC(NC(=O)C(N)Cc1ccccc1)C(=O)NCC(=O)NC(CCCN=C(N)N)C(=O)O. The van der Waals surface area contributed by atoms with E-state index < -0.39 is 48.4 Å². The third kappa shape index (κ3) is 10.4. The molecule has 0 saturated carbocycles. The van der Waals surface area contributed by atoms with E-state index in [-0.39, 0.29) is 18.9 Å². The summed E-state index contributed by atoms with van der Waals surface area (Å²) < 4.78 is 0. The highest BCUT2D eigenvalue weighted by Gasteiger charge is 2.22. The number of hydrogen-bond acceptors (Lipinski definition) is 6. The number of guanidine groups is 1. The van der Waals surface area contributed by atoms with E-state index in [4.69, 9.17) is 17.2 Å². The average molecular weight is 450 g/mol. The van der Waals surface area contributed by atoms with E-state index in [2.05, 4.69) is 20.9 Å². The van der Waals surface area contributed by atoms with Gasteiger partial charge in [-0.05, 0) is 31.7 Å². The van der Waals surface area contributed by atoms with Crippen LogP contribution in [0.1, 0.15) is 25.3 Å². The molecule has 0 aliphatic carbocycles. The Morgan fingerprint density at radius 1 is 1.06 bits per heavy atom. The number of amides is 3. The smallest absolute Gasteiger partial charge is 0.326 e. The van der Waals surface area contributed by atoms with Crippen LogP contribution in [-0.2, 0) is 25.6 Å². The normalized spacial score (nSPS) is 13.2. The number of carbonyl (C=O) groups is 4. The Morgan fingerprint density at radius 3 is 2.31 bits per heavy atom. The number of benzene rings is 1. The number of nitrogens with two attached hydrogens (primary N) is 3. The first-order chi connectivity index (χ1) is 15.1. The Balaban J connectivity index is 2.41. The minimum Gasteiger partial charge on any atom is -0.480 e.